The molecular weight excluding hydrogens is 372 g/mol. The van der Waals surface area contributed by atoms with Crippen LogP contribution in [0.2, 0.25) is 5.02 Å². The third-order valence-corrected chi connectivity index (χ3v) is 2.36. The van der Waals surface area contributed by atoms with E-state index in [1.807, 2.05) is 24.3 Å². The van der Waals surface area contributed by atoms with Crippen molar-refractivity contribution in [1.82, 2.24) is 0 Å². The van der Waals surface area contributed by atoms with Gasteiger partial charge in [0.2, 0.25) is 0 Å². The summed E-state index contributed by atoms with van der Waals surface area (Å²) >= 11 is 9.88. The van der Waals surface area contributed by atoms with Gasteiger partial charge < -0.3 is 4.74 Å². The maximum atomic E-state index is 12.9. The van der Waals surface area contributed by atoms with Gasteiger partial charge in [-0.15, -0.1) is 5.56 Å². The van der Waals surface area contributed by atoms with Crippen LogP contribution < -0.4 is 4.74 Å². The molecule has 0 spiro atoms. The van der Waals surface area contributed by atoms with Crippen molar-refractivity contribution in [3.05, 3.63) is 64.9 Å². The summed E-state index contributed by atoms with van der Waals surface area (Å²) in [5.41, 5.74) is 1.00. The van der Waals surface area contributed by atoms with E-state index in [2.05, 4.69) is 19.7 Å². The van der Waals surface area contributed by atoms with Crippen molar-refractivity contribution in [2.75, 3.05) is 0 Å². The minimum absolute atomic E-state index is 0.0668. The first-order chi connectivity index (χ1) is 8.75. The molecule has 1 nitrogen and oxygen atoms in total. The predicted octanol–water partition coefficient (Wildman–Crippen LogP) is 4.70. The third-order valence-electron chi connectivity index (χ3n) is 2.07. The van der Waals surface area contributed by atoms with Gasteiger partial charge in [0.25, 0.3) is 0 Å². The molecule has 2 aromatic rings. The molecular formula is C13H9BrClFOZn. The van der Waals surface area contributed by atoms with E-state index in [0.29, 0.717) is 12.4 Å². The van der Waals surface area contributed by atoms with E-state index < -0.39 is 5.82 Å². The molecule has 0 radical (unpaired) electrons. The number of ether oxygens (including phenoxy) is 1. The number of rotatable bonds is 3. The zero-order chi connectivity index (χ0) is 13.4. The quantitative estimate of drug-likeness (QED) is 0.554. The molecule has 0 fully saturated rings. The van der Waals surface area contributed by atoms with Gasteiger partial charge in [0.1, 0.15) is 11.6 Å². The maximum absolute atomic E-state index is 12.9. The number of halogens is 3. The van der Waals surface area contributed by atoms with Crippen LogP contribution in [0.4, 0.5) is 4.39 Å². The molecule has 2 rings (SSSR count). The molecule has 0 saturated heterocycles. The molecule has 0 unspecified atom stereocenters. The third kappa shape index (κ3) is 5.05. The van der Waals surface area contributed by atoms with Crippen molar-refractivity contribution in [3.63, 3.8) is 0 Å². The molecule has 18 heavy (non-hydrogen) atoms. The monoisotopic (exact) mass is 378 g/mol. The van der Waals surface area contributed by atoms with E-state index >= 15 is 0 Å². The van der Waals surface area contributed by atoms with Crippen LogP contribution in [0.1, 0.15) is 5.56 Å². The van der Waals surface area contributed by atoms with Crippen LogP contribution in [0, 0.1) is 11.9 Å². The van der Waals surface area contributed by atoms with Gasteiger partial charge in [-0.1, -0.05) is 11.6 Å². The summed E-state index contributed by atoms with van der Waals surface area (Å²) in [7, 11) is 0. The van der Waals surface area contributed by atoms with Crippen LogP contribution in [-0.2, 0) is 22.9 Å². The SMILES string of the molecule is Fc1ccc(OCc2c[c-]ccc2)cc1Cl.[Zn+][Br]. The minimum atomic E-state index is -0.443. The molecule has 0 aliphatic rings. The second-order valence-electron chi connectivity index (χ2n) is 3.28. The van der Waals surface area contributed by atoms with Gasteiger partial charge in [-0.3, -0.25) is 0 Å². The van der Waals surface area contributed by atoms with Crippen LogP contribution >= 0.6 is 25.2 Å². The van der Waals surface area contributed by atoms with Crippen molar-refractivity contribution < 1.29 is 25.5 Å². The molecule has 0 atom stereocenters. The van der Waals surface area contributed by atoms with E-state index in [-0.39, 0.29) is 5.02 Å². The van der Waals surface area contributed by atoms with Crippen molar-refractivity contribution >= 4 is 25.2 Å². The van der Waals surface area contributed by atoms with Crippen molar-refractivity contribution in [2.24, 2.45) is 0 Å². The van der Waals surface area contributed by atoms with E-state index in [1.165, 1.54) is 28.5 Å². The average Bonchev–Trinajstić information content (AvgIpc) is 2.44. The molecule has 2 aromatic carbocycles. The van der Waals surface area contributed by atoms with Crippen LogP contribution in [0.15, 0.2) is 42.5 Å². The van der Waals surface area contributed by atoms with Gasteiger partial charge in [-0.2, -0.15) is 30.3 Å². The summed E-state index contributed by atoms with van der Waals surface area (Å²) in [6.45, 7) is 0.416. The fraction of sp³-hybridized carbons (Fsp3) is 0.0769. The molecule has 90 valence electrons. The molecule has 0 saturated carbocycles. The Bertz CT molecular complexity index is 482. The summed E-state index contributed by atoms with van der Waals surface area (Å²) in [5.74, 6) is 0.109. The Kier molecular flexibility index (Phi) is 7.49. The number of hydrogen-bond donors (Lipinski definition) is 0. The fourth-order valence-electron chi connectivity index (χ4n) is 1.25. The van der Waals surface area contributed by atoms with Crippen molar-refractivity contribution in [3.8, 4) is 5.75 Å². The number of benzene rings is 2. The van der Waals surface area contributed by atoms with Gasteiger partial charge in [0, 0.05) is 6.07 Å². The van der Waals surface area contributed by atoms with E-state index in [9.17, 15) is 4.39 Å². The first-order valence-corrected chi connectivity index (χ1v) is 12.4. The first kappa shape index (κ1) is 15.6. The zero-order valence-electron chi connectivity index (χ0n) is 9.50. The van der Waals surface area contributed by atoms with Gasteiger partial charge in [-0.05, 0) is 12.1 Å². The van der Waals surface area contributed by atoms with Crippen molar-refractivity contribution in [2.45, 2.75) is 6.61 Å². The molecule has 0 heterocycles. The summed E-state index contributed by atoms with van der Waals surface area (Å²) < 4.78 is 18.3. The van der Waals surface area contributed by atoms with E-state index in [4.69, 9.17) is 16.3 Å². The van der Waals surface area contributed by atoms with E-state index in [1.54, 1.807) is 6.07 Å². The zero-order valence-corrected chi connectivity index (χ0v) is 14.8. The van der Waals surface area contributed by atoms with E-state index in [0.717, 1.165) is 5.56 Å². The van der Waals surface area contributed by atoms with Gasteiger partial charge >= 0.3 is 30.0 Å². The molecule has 0 aromatic heterocycles. The average molecular weight is 381 g/mol. The molecule has 5 heteroatoms. The van der Waals surface area contributed by atoms with Crippen LogP contribution in [0.25, 0.3) is 0 Å². The first-order valence-electron chi connectivity index (χ1n) is 5.05. The number of hydrogen-bond acceptors (Lipinski definition) is 1. The Hall–Kier alpha value is -0.437. The fourth-order valence-corrected chi connectivity index (χ4v) is 1.42. The van der Waals surface area contributed by atoms with Crippen LogP contribution in [0.3, 0.4) is 0 Å². The predicted molar refractivity (Wildman–Crippen MR) is 69.9 cm³/mol. The standard InChI is InChI=1S/C13H9ClFO.BrH.Zn/c14-12-8-11(6-7-13(12)15)16-9-10-4-2-1-3-5-10;;/h1-2,4-8H,9H2;1H;/q-1;;+2/p-1. The Morgan fingerprint density at radius 2 is 2.11 bits per heavy atom. The summed E-state index contributed by atoms with van der Waals surface area (Å²) in [4.78, 5) is 0. The normalized spacial score (nSPS) is 9.39. The van der Waals surface area contributed by atoms with Crippen LogP contribution in [0.5, 0.6) is 5.75 Å². The topological polar surface area (TPSA) is 9.23 Å². The Labute approximate surface area is 127 Å². The second kappa shape index (κ2) is 8.63. The summed E-state index contributed by atoms with van der Waals surface area (Å²) in [6.07, 6.45) is 0. The summed E-state index contributed by atoms with van der Waals surface area (Å²) in [6, 6.07) is 14.7. The molecule has 0 N–H and O–H groups in total. The Morgan fingerprint density at radius 3 is 2.72 bits per heavy atom. The van der Waals surface area contributed by atoms with Crippen molar-refractivity contribution in [1.29, 1.82) is 0 Å². The molecule has 0 aliphatic heterocycles. The molecule has 0 aliphatic carbocycles. The molecule has 0 amide bonds. The molecule has 0 bridgehead atoms. The van der Waals surface area contributed by atoms with Gasteiger partial charge in [0.15, 0.2) is 0 Å². The Balaban J connectivity index is 0.000000771. The van der Waals surface area contributed by atoms with Gasteiger partial charge in [0.05, 0.1) is 11.6 Å². The Morgan fingerprint density at radius 1 is 1.33 bits per heavy atom. The summed E-state index contributed by atoms with van der Waals surface area (Å²) in [5, 5.41) is 0.0668. The van der Waals surface area contributed by atoms with Crippen LogP contribution in [-0.4, -0.2) is 0 Å². The van der Waals surface area contributed by atoms with Gasteiger partial charge in [-0.25, -0.2) is 4.39 Å². The second-order valence-corrected chi connectivity index (χ2v) is 3.68.